The molecule has 0 aromatic heterocycles. The molecule has 1 aromatic rings. The van der Waals surface area contributed by atoms with E-state index in [1.54, 1.807) is 11.8 Å². The number of benzene rings is 1. The fraction of sp³-hybridized carbons (Fsp3) is 0.438. The molecule has 0 aliphatic heterocycles. The van der Waals surface area contributed by atoms with E-state index >= 15 is 0 Å². The summed E-state index contributed by atoms with van der Waals surface area (Å²) in [5.74, 6) is -0.644. The summed E-state index contributed by atoms with van der Waals surface area (Å²) in [6.45, 7) is 0.116. The fourth-order valence-electron chi connectivity index (χ4n) is 1.86. The zero-order chi connectivity index (χ0) is 17.1. The van der Waals surface area contributed by atoms with Crippen LogP contribution in [0.2, 0.25) is 0 Å². The van der Waals surface area contributed by atoms with Gasteiger partial charge in [0.1, 0.15) is 6.61 Å². The zero-order valence-corrected chi connectivity index (χ0v) is 13.8. The van der Waals surface area contributed by atoms with Crippen molar-refractivity contribution in [3.63, 3.8) is 0 Å². The monoisotopic (exact) mass is 339 g/mol. The number of ketones is 1. The van der Waals surface area contributed by atoms with E-state index < -0.39 is 18.1 Å². The van der Waals surface area contributed by atoms with Crippen LogP contribution in [0.1, 0.15) is 24.8 Å². The first kappa shape index (κ1) is 19.0. The lowest BCUT2D eigenvalue weighted by Crippen LogP contribution is -2.41. The molecule has 0 fully saturated rings. The lowest BCUT2D eigenvalue weighted by atomic mass is 10.1. The van der Waals surface area contributed by atoms with Gasteiger partial charge >= 0.3 is 12.1 Å². The predicted molar refractivity (Wildman–Crippen MR) is 88.4 cm³/mol. The van der Waals surface area contributed by atoms with Crippen molar-refractivity contribution in [2.24, 2.45) is 0 Å². The number of amides is 1. The van der Waals surface area contributed by atoms with Crippen LogP contribution in [0.5, 0.6) is 0 Å². The summed E-state index contributed by atoms with van der Waals surface area (Å²) in [4.78, 5) is 34.4. The van der Waals surface area contributed by atoms with E-state index in [2.05, 4.69) is 5.32 Å². The highest BCUT2D eigenvalue weighted by Gasteiger charge is 2.21. The van der Waals surface area contributed by atoms with Crippen molar-refractivity contribution < 1.29 is 24.2 Å². The number of carboxylic acids is 1. The van der Waals surface area contributed by atoms with Gasteiger partial charge in [-0.05, 0) is 24.0 Å². The van der Waals surface area contributed by atoms with Gasteiger partial charge in [-0.2, -0.15) is 11.8 Å². The number of hydrogen-bond donors (Lipinski definition) is 2. The third-order valence-corrected chi connectivity index (χ3v) is 3.73. The lowest BCUT2D eigenvalue weighted by molar-refractivity contribution is -0.138. The minimum atomic E-state index is -1.03. The molecule has 2 N–H and O–H groups in total. The number of aliphatic carboxylic acids is 1. The Kier molecular flexibility index (Phi) is 8.82. The van der Waals surface area contributed by atoms with Gasteiger partial charge in [0, 0.05) is 6.42 Å². The number of nitrogens with one attached hydrogen (secondary N) is 1. The molecular weight excluding hydrogens is 318 g/mol. The van der Waals surface area contributed by atoms with Crippen molar-refractivity contribution >= 4 is 29.6 Å². The van der Waals surface area contributed by atoms with E-state index in [0.717, 1.165) is 5.56 Å². The maximum atomic E-state index is 12.0. The van der Waals surface area contributed by atoms with Gasteiger partial charge in [0.25, 0.3) is 0 Å². The maximum absolute atomic E-state index is 12.0. The highest BCUT2D eigenvalue weighted by Crippen LogP contribution is 2.07. The average Bonchev–Trinajstić information content (AvgIpc) is 2.55. The molecule has 0 radical (unpaired) electrons. The van der Waals surface area contributed by atoms with Gasteiger partial charge in [-0.25, -0.2) is 4.79 Å². The molecule has 6 nitrogen and oxygen atoms in total. The van der Waals surface area contributed by atoms with Gasteiger partial charge in [0.05, 0.1) is 12.5 Å². The van der Waals surface area contributed by atoms with Crippen LogP contribution in [-0.4, -0.2) is 41.0 Å². The van der Waals surface area contributed by atoms with Crippen LogP contribution in [0.4, 0.5) is 4.79 Å². The molecule has 0 aliphatic carbocycles. The highest BCUT2D eigenvalue weighted by atomic mass is 32.2. The Hall–Kier alpha value is -2.02. The number of carboxylic acid groups (broad SMARTS) is 1. The number of carbonyl (C=O) groups excluding carboxylic acids is 2. The van der Waals surface area contributed by atoms with E-state index in [9.17, 15) is 14.4 Å². The van der Waals surface area contributed by atoms with Crippen LogP contribution >= 0.6 is 11.8 Å². The van der Waals surface area contributed by atoms with Crippen LogP contribution in [0, 0.1) is 0 Å². The normalized spacial score (nSPS) is 11.5. The van der Waals surface area contributed by atoms with Crippen LogP contribution < -0.4 is 5.32 Å². The molecule has 1 rings (SSSR count). The van der Waals surface area contributed by atoms with Gasteiger partial charge < -0.3 is 15.2 Å². The van der Waals surface area contributed by atoms with Gasteiger partial charge in [-0.1, -0.05) is 30.3 Å². The zero-order valence-electron chi connectivity index (χ0n) is 13.0. The molecule has 0 spiro atoms. The minimum Gasteiger partial charge on any atom is -0.481 e. The molecular formula is C16H21NO5S. The number of Topliss-reactive ketones (excluding diaryl/α,β-unsaturated/α-hetero) is 1. The molecule has 0 saturated heterocycles. The molecule has 0 heterocycles. The summed E-state index contributed by atoms with van der Waals surface area (Å²) < 4.78 is 5.09. The second-order valence-electron chi connectivity index (χ2n) is 4.90. The summed E-state index contributed by atoms with van der Waals surface area (Å²) >= 11 is 1.55. The molecule has 0 aliphatic rings. The van der Waals surface area contributed by atoms with E-state index in [-0.39, 0.29) is 25.2 Å². The first-order valence-corrected chi connectivity index (χ1v) is 8.63. The van der Waals surface area contributed by atoms with Gasteiger partial charge in [0.2, 0.25) is 0 Å². The van der Waals surface area contributed by atoms with Crippen molar-refractivity contribution in [3.05, 3.63) is 35.9 Å². The summed E-state index contributed by atoms with van der Waals surface area (Å²) in [5, 5.41) is 11.2. The van der Waals surface area contributed by atoms with Crippen LogP contribution in [-0.2, 0) is 20.9 Å². The van der Waals surface area contributed by atoms with Crippen molar-refractivity contribution in [2.45, 2.75) is 31.9 Å². The fourth-order valence-corrected chi connectivity index (χ4v) is 2.33. The second-order valence-corrected chi connectivity index (χ2v) is 5.89. The Morgan fingerprint density at radius 1 is 1.22 bits per heavy atom. The smallest absolute Gasteiger partial charge is 0.408 e. The first-order valence-electron chi connectivity index (χ1n) is 7.23. The molecule has 0 unspecified atom stereocenters. The quantitative estimate of drug-likeness (QED) is 0.680. The van der Waals surface area contributed by atoms with Crippen molar-refractivity contribution in [1.29, 1.82) is 0 Å². The van der Waals surface area contributed by atoms with Gasteiger partial charge in [-0.3, -0.25) is 9.59 Å². The number of rotatable bonds is 10. The third kappa shape index (κ3) is 8.25. The second kappa shape index (κ2) is 10.7. The standard InChI is InChI=1S/C16H21NO5S/c1-23-10-9-13(14(18)7-8-15(19)20)17-16(21)22-11-12-5-3-2-4-6-12/h2-6,13H,7-11H2,1H3,(H,17,21)(H,19,20)/t13-/m1/s1. The van der Waals surface area contributed by atoms with E-state index in [1.807, 2.05) is 36.6 Å². The summed E-state index contributed by atoms with van der Waals surface area (Å²) in [5.41, 5.74) is 0.848. The Morgan fingerprint density at radius 2 is 1.91 bits per heavy atom. The number of hydrogen-bond acceptors (Lipinski definition) is 5. The molecule has 7 heteroatoms. The van der Waals surface area contributed by atoms with Crippen LogP contribution in [0.25, 0.3) is 0 Å². The van der Waals surface area contributed by atoms with Gasteiger partial charge in [0.15, 0.2) is 5.78 Å². The van der Waals surface area contributed by atoms with Crippen LogP contribution in [0.15, 0.2) is 30.3 Å². The van der Waals surface area contributed by atoms with Crippen molar-refractivity contribution in [2.75, 3.05) is 12.0 Å². The Balaban J connectivity index is 2.49. The van der Waals surface area contributed by atoms with Crippen molar-refractivity contribution in [1.82, 2.24) is 5.32 Å². The Labute approximate surface area is 139 Å². The maximum Gasteiger partial charge on any atom is 0.408 e. The number of carbonyl (C=O) groups is 3. The SMILES string of the molecule is CSCC[C@@H](NC(=O)OCc1ccccc1)C(=O)CCC(=O)O. The highest BCUT2D eigenvalue weighted by molar-refractivity contribution is 7.98. The minimum absolute atomic E-state index is 0.104. The topological polar surface area (TPSA) is 92.7 Å². The van der Waals surface area contributed by atoms with Crippen molar-refractivity contribution in [3.8, 4) is 0 Å². The molecule has 1 amide bonds. The predicted octanol–water partition coefficient (Wildman–Crippen LogP) is 2.47. The average molecular weight is 339 g/mol. The third-order valence-electron chi connectivity index (χ3n) is 3.09. The number of ether oxygens (including phenoxy) is 1. The Morgan fingerprint density at radius 3 is 2.52 bits per heavy atom. The van der Waals surface area contributed by atoms with Gasteiger partial charge in [-0.15, -0.1) is 0 Å². The number of thioether (sulfide) groups is 1. The molecule has 1 atom stereocenters. The molecule has 23 heavy (non-hydrogen) atoms. The molecule has 0 saturated carbocycles. The summed E-state index contributed by atoms with van der Waals surface area (Å²) in [6, 6.07) is 8.49. The van der Waals surface area contributed by atoms with E-state index in [4.69, 9.17) is 9.84 Å². The summed E-state index contributed by atoms with van der Waals surface area (Å²) in [7, 11) is 0. The largest absolute Gasteiger partial charge is 0.481 e. The van der Waals surface area contributed by atoms with E-state index in [1.165, 1.54) is 0 Å². The molecule has 1 aromatic carbocycles. The Bertz CT molecular complexity index is 520. The summed E-state index contributed by atoms with van der Waals surface area (Å²) in [6.07, 6.45) is 1.32. The molecule has 126 valence electrons. The van der Waals surface area contributed by atoms with Crippen LogP contribution in [0.3, 0.4) is 0 Å². The first-order chi connectivity index (χ1) is 11.0. The lowest BCUT2D eigenvalue weighted by Gasteiger charge is -2.17. The van der Waals surface area contributed by atoms with E-state index in [0.29, 0.717) is 12.2 Å². The molecule has 0 bridgehead atoms. The number of alkyl carbamates (subject to hydrolysis) is 1.